The molecule has 0 atom stereocenters. The molecule has 7 rings (SSSR count). The van der Waals surface area contributed by atoms with Crippen LogP contribution in [0.4, 0.5) is 0 Å². The number of aromatic amines is 1. The molecule has 0 aliphatic rings. The summed E-state index contributed by atoms with van der Waals surface area (Å²) >= 11 is 1.88. The van der Waals surface area contributed by atoms with Gasteiger partial charge in [-0.2, -0.15) is 0 Å². The summed E-state index contributed by atoms with van der Waals surface area (Å²) in [5, 5.41) is 7.85. The maximum atomic E-state index is 3.66. The topological polar surface area (TPSA) is 15.8 Å². The van der Waals surface area contributed by atoms with E-state index in [0.717, 1.165) is 0 Å². The highest BCUT2D eigenvalue weighted by Crippen LogP contribution is 2.42. The van der Waals surface area contributed by atoms with Gasteiger partial charge in [-0.3, -0.25) is 0 Å². The monoisotopic (exact) mass is 399 g/mol. The zero-order valence-electron chi connectivity index (χ0n) is 16.1. The van der Waals surface area contributed by atoms with Crippen LogP contribution in [0.1, 0.15) is 0 Å². The Labute approximate surface area is 177 Å². The zero-order valence-corrected chi connectivity index (χ0v) is 17.0. The fraction of sp³-hybridized carbons (Fsp3) is 0. The van der Waals surface area contributed by atoms with Gasteiger partial charge in [-0.15, -0.1) is 11.3 Å². The standard InChI is InChI=1S/C28H17NS/c1-2-8-19-17(6-1)7-5-10-20(19)18-12-15-26-24(16-18)23-14-13-22-21-9-3-4-11-25(21)29-27(22)28(23)30-26/h1-16,29H. The Kier molecular flexibility index (Phi) is 3.21. The lowest BCUT2D eigenvalue weighted by atomic mass is 9.97. The van der Waals surface area contributed by atoms with Crippen LogP contribution in [0.25, 0.3) is 63.9 Å². The minimum absolute atomic E-state index is 1.20. The summed E-state index contributed by atoms with van der Waals surface area (Å²) in [5.74, 6) is 0. The molecule has 0 saturated carbocycles. The number of aromatic nitrogens is 1. The Balaban J connectivity index is 1.54. The van der Waals surface area contributed by atoms with Crippen LogP contribution in [0.2, 0.25) is 0 Å². The summed E-state index contributed by atoms with van der Waals surface area (Å²) in [7, 11) is 0. The van der Waals surface area contributed by atoms with Gasteiger partial charge in [-0.1, -0.05) is 78.9 Å². The fourth-order valence-electron chi connectivity index (χ4n) is 4.80. The average Bonchev–Trinajstić information content (AvgIpc) is 3.36. The van der Waals surface area contributed by atoms with Crippen molar-refractivity contribution in [1.29, 1.82) is 0 Å². The molecule has 0 saturated heterocycles. The molecule has 0 bridgehead atoms. The highest BCUT2D eigenvalue weighted by atomic mass is 32.1. The second-order valence-electron chi connectivity index (χ2n) is 7.88. The van der Waals surface area contributed by atoms with E-state index in [1.807, 2.05) is 11.3 Å². The first-order valence-corrected chi connectivity index (χ1v) is 11.0. The minimum atomic E-state index is 1.20. The fourth-order valence-corrected chi connectivity index (χ4v) is 5.98. The summed E-state index contributed by atoms with van der Waals surface area (Å²) in [5.41, 5.74) is 5.02. The van der Waals surface area contributed by atoms with E-state index < -0.39 is 0 Å². The maximum absolute atomic E-state index is 3.66. The SMILES string of the molecule is c1ccc2c(-c3ccc4sc5c(ccc6c7ccccc7[nH]c65)c4c3)cccc2c1. The minimum Gasteiger partial charge on any atom is -0.353 e. The third kappa shape index (κ3) is 2.17. The number of hydrogen-bond donors (Lipinski definition) is 1. The van der Waals surface area contributed by atoms with Crippen LogP contribution in [-0.4, -0.2) is 4.98 Å². The third-order valence-corrected chi connectivity index (χ3v) is 7.42. The van der Waals surface area contributed by atoms with Gasteiger partial charge in [0.05, 0.1) is 10.2 Å². The molecule has 2 heterocycles. The van der Waals surface area contributed by atoms with E-state index in [1.54, 1.807) is 0 Å². The van der Waals surface area contributed by atoms with E-state index in [0.29, 0.717) is 0 Å². The van der Waals surface area contributed by atoms with Crippen LogP contribution in [0.15, 0.2) is 97.1 Å². The average molecular weight is 400 g/mol. The molecule has 0 spiro atoms. The lowest BCUT2D eigenvalue weighted by Gasteiger charge is -2.07. The van der Waals surface area contributed by atoms with Crippen LogP contribution in [0.3, 0.4) is 0 Å². The molecule has 0 aliphatic carbocycles. The number of thiophene rings is 1. The van der Waals surface area contributed by atoms with Crippen molar-refractivity contribution in [2.24, 2.45) is 0 Å². The number of para-hydroxylation sites is 1. The van der Waals surface area contributed by atoms with Crippen molar-refractivity contribution in [3.63, 3.8) is 0 Å². The van der Waals surface area contributed by atoms with Gasteiger partial charge in [0.15, 0.2) is 0 Å². The summed E-state index contributed by atoms with van der Waals surface area (Å²) in [4.78, 5) is 3.66. The van der Waals surface area contributed by atoms with Gasteiger partial charge in [0.25, 0.3) is 0 Å². The third-order valence-electron chi connectivity index (χ3n) is 6.22. The molecule has 0 amide bonds. The van der Waals surface area contributed by atoms with Crippen molar-refractivity contribution >= 4 is 64.1 Å². The molecular formula is C28H17NS. The van der Waals surface area contributed by atoms with Gasteiger partial charge in [0.2, 0.25) is 0 Å². The number of nitrogens with one attached hydrogen (secondary N) is 1. The van der Waals surface area contributed by atoms with Crippen LogP contribution in [0.5, 0.6) is 0 Å². The molecular weight excluding hydrogens is 382 g/mol. The summed E-state index contributed by atoms with van der Waals surface area (Å²) < 4.78 is 2.67. The highest BCUT2D eigenvalue weighted by molar-refractivity contribution is 7.26. The predicted octanol–water partition coefficient (Wildman–Crippen LogP) is 8.51. The first-order valence-electron chi connectivity index (χ1n) is 10.2. The Morgan fingerprint density at radius 2 is 1.37 bits per heavy atom. The molecule has 2 heteroatoms. The first kappa shape index (κ1) is 16.2. The van der Waals surface area contributed by atoms with E-state index in [-0.39, 0.29) is 0 Å². The number of H-pyrrole nitrogens is 1. The molecule has 140 valence electrons. The summed E-state index contributed by atoms with van der Waals surface area (Å²) in [6.45, 7) is 0. The Bertz CT molecular complexity index is 1740. The van der Waals surface area contributed by atoms with Crippen LogP contribution >= 0.6 is 11.3 Å². The Morgan fingerprint density at radius 3 is 2.33 bits per heavy atom. The molecule has 7 aromatic rings. The van der Waals surface area contributed by atoms with Crippen LogP contribution in [0, 0.1) is 0 Å². The molecule has 5 aromatic carbocycles. The molecule has 1 N–H and O–H groups in total. The van der Waals surface area contributed by atoms with Crippen molar-refractivity contribution < 1.29 is 0 Å². The molecule has 0 unspecified atom stereocenters. The van der Waals surface area contributed by atoms with E-state index >= 15 is 0 Å². The van der Waals surface area contributed by atoms with Crippen molar-refractivity contribution in [2.45, 2.75) is 0 Å². The van der Waals surface area contributed by atoms with Gasteiger partial charge in [-0.05, 0) is 40.1 Å². The Morgan fingerprint density at radius 1 is 0.567 bits per heavy atom. The van der Waals surface area contributed by atoms with Gasteiger partial charge in [-0.25, -0.2) is 0 Å². The molecule has 0 aliphatic heterocycles. The van der Waals surface area contributed by atoms with Gasteiger partial charge in [0, 0.05) is 31.8 Å². The number of hydrogen-bond acceptors (Lipinski definition) is 1. The van der Waals surface area contributed by atoms with Crippen LogP contribution in [-0.2, 0) is 0 Å². The first-order chi connectivity index (χ1) is 14.9. The van der Waals surface area contributed by atoms with Crippen molar-refractivity contribution in [3.05, 3.63) is 97.1 Å². The quantitative estimate of drug-likeness (QED) is 0.285. The largest absolute Gasteiger partial charge is 0.353 e. The number of benzene rings is 5. The summed E-state index contributed by atoms with van der Waals surface area (Å²) in [6, 6.07) is 35.2. The molecule has 0 radical (unpaired) electrons. The van der Waals surface area contributed by atoms with Gasteiger partial charge < -0.3 is 4.98 Å². The maximum Gasteiger partial charge on any atom is 0.0646 e. The summed E-state index contributed by atoms with van der Waals surface area (Å²) in [6.07, 6.45) is 0. The molecule has 30 heavy (non-hydrogen) atoms. The van der Waals surface area contributed by atoms with Crippen molar-refractivity contribution in [1.82, 2.24) is 4.98 Å². The number of rotatable bonds is 1. The lowest BCUT2D eigenvalue weighted by Crippen LogP contribution is -1.81. The zero-order chi connectivity index (χ0) is 19.7. The van der Waals surface area contributed by atoms with Crippen molar-refractivity contribution in [3.8, 4) is 11.1 Å². The highest BCUT2D eigenvalue weighted by Gasteiger charge is 2.13. The van der Waals surface area contributed by atoms with Crippen molar-refractivity contribution in [2.75, 3.05) is 0 Å². The van der Waals surface area contributed by atoms with Gasteiger partial charge in [0.1, 0.15) is 0 Å². The Hall–Kier alpha value is -3.62. The molecule has 1 nitrogen and oxygen atoms in total. The molecule has 0 fully saturated rings. The lowest BCUT2D eigenvalue weighted by molar-refractivity contribution is 1.57. The number of fused-ring (bicyclic) bond motifs is 8. The van der Waals surface area contributed by atoms with E-state index in [1.165, 1.54) is 63.9 Å². The second kappa shape index (κ2) is 5.94. The molecule has 2 aromatic heterocycles. The van der Waals surface area contributed by atoms with E-state index in [9.17, 15) is 0 Å². The second-order valence-corrected chi connectivity index (χ2v) is 8.93. The predicted molar refractivity (Wildman–Crippen MR) is 132 cm³/mol. The van der Waals surface area contributed by atoms with E-state index in [4.69, 9.17) is 0 Å². The van der Waals surface area contributed by atoms with E-state index in [2.05, 4.69) is 102 Å². The van der Waals surface area contributed by atoms with Crippen LogP contribution < -0.4 is 0 Å². The smallest absolute Gasteiger partial charge is 0.0646 e. The van der Waals surface area contributed by atoms with Gasteiger partial charge >= 0.3 is 0 Å². The normalized spacial score (nSPS) is 12.0.